The van der Waals surface area contributed by atoms with Crippen molar-refractivity contribution in [2.24, 2.45) is 0 Å². The van der Waals surface area contributed by atoms with Gasteiger partial charge < -0.3 is 10.2 Å². The maximum absolute atomic E-state index is 10.7. The zero-order chi connectivity index (χ0) is 11.6. The van der Waals surface area contributed by atoms with Crippen LogP contribution in [0.1, 0.15) is 26.5 Å². The quantitative estimate of drug-likeness (QED) is 0.767. The maximum atomic E-state index is 10.7. The van der Waals surface area contributed by atoms with Gasteiger partial charge in [0.1, 0.15) is 0 Å². The van der Waals surface area contributed by atoms with Crippen LogP contribution in [0.4, 0.5) is 0 Å². The van der Waals surface area contributed by atoms with E-state index in [4.69, 9.17) is 5.11 Å². The normalized spacial score (nSPS) is 13.9. The van der Waals surface area contributed by atoms with Crippen LogP contribution in [0, 0.1) is 0 Å². The molecule has 0 spiro atoms. The number of carboxylic acids is 1. The third-order valence-corrected chi connectivity index (χ3v) is 2.54. The summed E-state index contributed by atoms with van der Waals surface area (Å²) in [7, 11) is 0. The third kappa shape index (κ3) is 2.18. The summed E-state index contributed by atoms with van der Waals surface area (Å²) < 4.78 is 1.70. The molecule has 1 rings (SSSR count). The summed E-state index contributed by atoms with van der Waals surface area (Å²) in [5.41, 5.74) is -0.300. The van der Waals surface area contributed by atoms with Crippen molar-refractivity contribution in [2.75, 3.05) is 0 Å². The smallest absolute Gasteiger partial charge is 0.333 e. The molecule has 0 aromatic carbocycles. The Morgan fingerprint density at radius 3 is 2.67 bits per heavy atom. The highest BCUT2D eigenvalue weighted by molar-refractivity contribution is 5.74. The number of hydrogen-bond acceptors (Lipinski definition) is 3. The fourth-order valence-electron chi connectivity index (χ4n) is 1.33. The first-order valence-corrected chi connectivity index (χ1v) is 4.84. The number of rotatable bonds is 4. The van der Waals surface area contributed by atoms with E-state index in [9.17, 15) is 9.90 Å². The van der Waals surface area contributed by atoms with Gasteiger partial charge in [-0.3, -0.25) is 4.68 Å². The van der Waals surface area contributed by atoms with Gasteiger partial charge in [-0.1, -0.05) is 13.8 Å². The fourth-order valence-corrected chi connectivity index (χ4v) is 1.33. The molecule has 1 atom stereocenters. The van der Waals surface area contributed by atoms with Crippen molar-refractivity contribution in [3.63, 3.8) is 0 Å². The lowest BCUT2D eigenvalue weighted by molar-refractivity contribution is -0.150. The van der Waals surface area contributed by atoms with E-state index < -0.39 is 17.5 Å². The van der Waals surface area contributed by atoms with Crippen molar-refractivity contribution in [1.29, 1.82) is 0 Å². The highest BCUT2D eigenvalue weighted by atomic mass is 16.4. The second kappa shape index (κ2) is 4.02. The summed E-state index contributed by atoms with van der Waals surface area (Å²) in [5.74, 6) is -1.23. The van der Waals surface area contributed by atoms with Gasteiger partial charge in [-0.15, -0.1) is 0 Å². The molecular weight excluding hydrogens is 196 g/mol. The Morgan fingerprint density at radius 1 is 1.67 bits per heavy atom. The Balaban J connectivity index is 2.99. The average molecular weight is 212 g/mol. The summed E-state index contributed by atoms with van der Waals surface area (Å²) in [6.07, 6.45) is 0.323. The minimum atomic E-state index is -1.45. The molecule has 0 amide bonds. The molecule has 1 heterocycles. The number of hydrogen-bond donors (Lipinski definition) is 2. The van der Waals surface area contributed by atoms with E-state index in [0.29, 0.717) is 5.69 Å². The number of aliphatic hydroxyl groups is 1. The fraction of sp³-hybridized carbons (Fsp3) is 0.600. The molecule has 84 valence electrons. The molecule has 0 bridgehead atoms. The van der Waals surface area contributed by atoms with E-state index >= 15 is 0 Å². The molecule has 1 aromatic heterocycles. The van der Waals surface area contributed by atoms with Crippen molar-refractivity contribution in [2.45, 2.75) is 38.8 Å². The summed E-state index contributed by atoms with van der Waals surface area (Å²) in [5, 5.41) is 22.5. The summed E-state index contributed by atoms with van der Waals surface area (Å²) in [6, 6.07) is 1.73. The summed E-state index contributed by atoms with van der Waals surface area (Å²) in [6.45, 7) is 5.99. The van der Waals surface area contributed by atoms with E-state index in [-0.39, 0.29) is 0 Å². The van der Waals surface area contributed by atoms with Crippen LogP contribution >= 0.6 is 0 Å². The average Bonchev–Trinajstić information content (AvgIpc) is 2.65. The minimum absolute atomic E-state index is 0.583. The van der Waals surface area contributed by atoms with Crippen LogP contribution in [0.15, 0.2) is 12.3 Å². The first-order chi connectivity index (χ1) is 6.89. The monoisotopic (exact) mass is 212 g/mol. The topological polar surface area (TPSA) is 75.4 Å². The first kappa shape index (κ1) is 11.7. The number of carboxylic acid groups (broad SMARTS) is 1. The van der Waals surface area contributed by atoms with Gasteiger partial charge in [0.25, 0.3) is 0 Å². The molecule has 5 heteroatoms. The van der Waals surface area contributed by atoms with Crippen molar-refractivity contribution >= 4 is 5.97 Å². The first-order valence-electron chi connectivity index (χ1n) is 4.84. The zero-order valence-electron chi connectivity index (χ0n) is 9.14. The molecule has 0 fully saturated rings. The van der Waals surface area contributed by atoms with Gasteiger partial charge >= 0.3 is 5.97 Å². The summed E-state index contributed by atoms with van der Waals surface area (Å²) in [4.78, 5) is 10.7. The number of aromatic nitrogens is 2. The van der Waals surface area contributed by atoms with E-state index in [0.717, 1.165) is 6.54 Å². The van der Waals surface area contributed by atoms with E-state index in [1.165, 1.54) is 0 Å². The Kier molecular flexibility index (Phi) is 3.14. The van der Waals surface area contributed by atoms with Gasteiger partial charge in [-0.05, 0) is 13.0 Å². The molecule has 1 unspecified atom stereocenters. The molecule has 0 saturated heterocycles. The molecule has 0 saturated carbocycles. The van der Waals surface area contributed by atoms with E-state index in [1.54, 1.807) is 30.8 Å². The highest BCUT2D eigenvalue weighted by Gasteiger charge is 2.37. The zero-order valence-corrected chi connectivity index (χ0v) is 9.14. The molecule has 15 heavy (non-hydrogen) atoms. The van der Waals surface area contributed by atoms with Gasteiger partial charge in [-0.25, -0.2) is 4.79 Å². The van der Waals surface area contributed by atoms with Crippen LogP contribution in [0.5, 0.6) is 0 Å². The number of nitrogens with zero attached hydrogens (tertiary/aromatic N) is 2. The van der Waals surface area contributed by atoms with Gasteiger partial charge in [-0.2, -0.15) is 5.10 Å². The molecule has 1 aromatic rings. The molecule has 0 aliphatic carbocycles. The highest BCUT2D eigenvalue weighted by Crippen LogP contribution is 2.25. The van der Waals surface area contributed by atoms with Crippen LogP contribution in [0.2, 0.25) is 0 Å². The maximum Gasteiger partial charge on any atom is 0.333 e. The van der Waals surface area contributed by atoms with Crippen LogP contribution < -0.4 is 0 Å². The van der Waals surface area contributed by atoms with E-state index in [1.807, 2.05) is 6.92 Å². The van der Waals surface area contributed by atoms with Gasteiger partial charge in [0.05, 0.1) is 5.69 Å². The SMILES string of the molecule is CCn1ccc(C(C)(C)C(O)C(=O)O)n1. The van der Waals surface area contributed by atoms with Crippen LogP contribution in [-0.2, 0) is 16.8 Å². The van der Waals surface area contributed by atoms with Crippen LogP contribution in [-0.4, -0.2) is 32.1 Å². The number of aryl methyl sites for hydroxylation is 1. The number of carbonyl (C=O) groups is 1. The standard InChI is InChI=1S/C10H16N2O3/c1-4-12-6-5-7(11-12)10(2,3)8(13)9(14)15/h5-6,8,13H,4H2,1-3H3,(H,14,15). The lowest BCUT2D eigenvalue weighted by Gasteiger charge is -2.25. The van der Waals surface area contributed by atoms with Gasteiger partial charge in [0.15, 0.2) is 6.10 Å². The number of aliphatic carboxylic acids is 1. The van der Waals surface area contributed by atoms with Crippen LogP contribution in [0.3, 0.4) is 0 Å². The van der Waals surface area contributed by atoms with Gasteiger partial charge in [0.2, 0.25) is 0 Å². The molecule has 5 nitrogen and oxygen atoms in total. The lowest BCUT2D eigenvalue weighted by atomic mass is 9.83. The predicted molar refractivity (Wildman–Crippen MR) is 54.6 cm³/mol. The van der Waals surface area contributed by atoms with Crippen molar-refractivity contribution in [3.8, 4) is 0 Å². The summed E-state index contributed by atoms with van der Waals surface area (Å²) >= 11 is 0. The second-order valence-corrected chi connectivity index (χ2v) is 4.02. The van der Waals surface area contributed by atoms with Crippen molar-refractivity contribution in [1.82, 2.24) is 9.78 Å². The molecule has 0 radical (unpaired) electrons. The Labute approximate surface area is 88.3 Å². The van der Waals surface area contributed by atoms with Crippen molar-refractivity contribution < 1.29 is 15.0 Å². The van der Waals surface area contributed by atoms with Crippen molar-refractivity contribution in [3.05, 3.63) is 18.0 Å². The molecule has 0 aliphatic heterocycles. The predicted octanol–water partition coefficient (Wildman–Crippen LogP) is 0.626. The van der Waals surface area contributed by atoms with Gasteiger partial charge in [0, 0.05) is 18.2 Å². The lowest BCUT2D eigenvalue weighted by Crippen LogP contribution is -2.40. The molecule has 2 N–H and O–H groups in total. The molecule has 0 aliphatic rings. The minimum Gasteiger partial charge on any atom is -0.479 e. The third-order valence-electron chi connectivity index (χ3n) is 2.54. The molecular formula is C10H16N2O3. The Bertz CT molecular complexity index is 357. The Hall–Kier alpha value is -1.36. The second-order valence-electron chi connectivity index (χ2n) is 4.02. The Morgan fingerprint density at radius 2 is 2.27 bits per heavy atom. The number of aliphatic hydroxyl groups excluding tert-OH is 1. The van der Waals surface area contributed by atoms with E-state index in [2.05, 4.69) is 5.10 Å². The van der Waals surface area contributed by atoms with Crippen LogP contribution in [0.25, 0.3) is 0 Å². The largest absolute Gasteiger partial charge is 0.479 e.